The van der Waals surface area contributed by atoms with E-state index in [9.17, 15) is 9.59 Å². The molecule has 6 heteroatoms. The molecule has 0 aliphatic rings. The van der Waals surface area contributed by atoms with Crippen molar-refractivity contribution in [3.8, 4) is 0 Å². The molecule has 30 heavy (non-hydrogen) atoms. The van der Waals surface area contributed by atoms with Gasteiger partial charge >= 0.3 is 5.97 Å². The van der Waals surface area contributed by atoms with Crippen molar-refractivity contribution < 1.29 is 14.3 Å². The van der Waals surface area contributed by atoms with Crippen LogP contribution in [0.2, 0.25) is 0 Å². The number of amides is 1. The molecule has 6 nitrogen and oxygen atoms in total. The highest BCUT2D eigenvalue weighted by Gasteiger charge is 2.14. The molecule has 1 unspecified atom stereocenters. The lowest BCUT2D eigenvalue weighted by Crippen LogP contribution is -2.25. The Hall–Kier alpha value is -3.67. The van der Waals surface area contributed by atoms with Crippen molar-refractivity contribution in [3.63, 3.8) is 0 Å². The molecule has 0 spiro atoms. The highest BCUT2D eigenvalue weighted by molar-refractivity contribution is 5.94. The number of rotatable bonds is 7. The van der Waals surface area contributed by atoms with Gasteiger partial charge in [-0.3, -0.25) is 4.79 Å². The molecule has 0 aliphatic carbocycles. The van der Waals surface area contributed by atoms with Gasteiger partial charge in [-0.2, -0.15) is 0 Å². The predicted octanol–water partition coefficient (Wildman–Crippen LogP) is 3.57. The van der Waals surface area contributed by atoms with Gasteiger partial charge in [-0.25, -0.2) is 9.78 Å². The van der Waals surface area contributed by atoms with Crippen LogP contribution in [0.1, 0.15) is 50.5 Å². The Labute approximate surface area is 176 Å². The molecular formula is C24H25N3O3. The van der Waals surface area contributed by atoms with Gasteiger partial charge in [0.15, 0.2) is 0 Å². The molecule has 3 aromatic rings. The van der Waals surface area contributed by atoms with E-state index in [1.807, 2.05) is 49.4 Å². The van der Waals surface area contributed by atoms with Crippen molar-refractivity contribution in [2.24, 2.45) is 0 Å². The number of anilines is 1. The molecule has 0 radical (unpaired) electrons. The van der Waals surface area contributed by atoms with Crippen LogP contribution in [0.15, 0.2) is 66.7 Å². The standard InChI is InChI=1S/C24H25N3O3/c1-16(21-4-3-5-22(27-21)24(29)30-2)18-8-10-19(11-9-18)23(28)26-15-14-17-6-12-20(25)13-7-17/h3-13,16H,14-15,25H2,1-2H3,(H,26,28). The number of nitrogen functional groups attached to an aromatic ring is 1. The summed E-state index contributed by atoms with van der Waals surface area (Å²) in [5, 5.41) is 2.93. The maximum Gasteiger partial charge on any atom is 0.356 e. The fourth-order valence-electron chi connectivity index (χ4n) is 3.11. The molecule has 0 bridgehead atoms. The number of methoxy groups -OCH3 is 1. The zero-order chi connectivity index (χ0) is 21.5. The van der Waals surface area contributed by atoms with Gasteiger partial charge in [-0.15, -0.1) is 0 Å². The van der Waals surface area contributed by atoms with Gasteiger partial charge in [0.25, 0.3) is 5.91 Å². The van der Waals surface area contributed by atoms with Gasteiger partial charge in [0.05, 0.1) is 7.11 Å². The number of carbonyl (C=O) groups is 2. The summed E-state index contributed by atoms with van der Waals surface area (Å²) in [6.07, 6.45) is 0.739. The normalized spacial score (nSPS) is 11.5. The summed E-state index contributed by atoms with van der Waals surface area (Å²) < 4.78 is 4.73. The summed E-state index contributed by atoms with van der Waals surface area (Å²) in [7, 11) is 1.33. The van der Waals surface area contributed by atoms with Gasteiger partial charge in [0, 0.05) is 29.4 Å². The lowest BCUT2D eigenvalue weighted by molar-refractivity contribution is 0.0593. The van der Waals surface area contributed by atoms with Crippen molar-refractivity contribution in [3.05, 3.63) is 94.8 Å². The first kappa shape index (κ1) is 21.0. The second kappa shape index (κ2) is 9.69. The molecule has 154 valence electrons. The lowest BCUT2D eigenvalue weighted by atomic mass is 9.96. The van der Waals surface area contributed by atoms with E-state index in [-0.39, 0.29) is 17.5 Å². The molecule has 3 N–H and O–H groups in total. The molecule has 0 aliphatic heterocycles. The van der Waals surface area contributed by atoms with Gasteiger partial charge in [0.2, 0.25) is 0 Å². The van der Waals surface area contributed by atoms with Gasteiger partial charge < -0.3 is 15.8 Å². The number of ether oxygens (including phenoxy) is 1. The SMILES string of the molecule is COC(=O)c1cccc(C(C)c2ccc(C(=O)NCCc3ccc(N)cc3)cc2)n1. The Bertz CT molecular complexity index is 1010. The summed E-state index contributed by atoms with van der Waals surface area (Å²) >= 11 is 0. The Balaban J connectivity index is 1.60. The van der Waals surface area contributed by atoms with Crippen LogP contribution >= 0.6 is 0 Å². The van der Waals surface area contributed by atoms with Crippen molar-refractivity contribution in [2.75, 3.05) is 19.4 Å². The van der Waals surface area contributed by atoms with Crippen LogP contribution in [0.4, 0.5) is 5.69 Å². The van der Waals surface area contributed by atoms with Crippen molar-refractivity contribution in [1.82, 2.24) is 10.3 Å². The average molecular weight is 403 g/mol. The zero-order valence-electron chi connectivity index (χ0n) is 17.1. The van der Waals surface area contributed by atoms with E-state index in [2.05, 4.69) is 10.3 Å². The third-order valence-corrected chi connectivity index (χ3v) is 4.96. The van der Waals surface area contributed by atoms with Crippen LogP contribution in [0.3, 0.4) is 0 Å². The Morgan fingerprint density at radius 1 is 1.03 bits per heavy atom. The summed E-state index contributed by atoms with van der Waals surface area (Å²) in [6.45, 7) is 2.55. The minimum Gasteiger partial charge on any atom is -0.464 e. The Kier molecular flexibility index (Phi) is 6.80. The lowest BCUT2D eigenvalue weighted by Gasteiger charge is -2.13. The average Bonchev–Trinajstić information content (AvgIpc) is 2.79. The number of hydrogen-bond acceptors (Lipinski definition) is 5. The summed E-state index contributed by atoms with van der Waals surface area (Å²) in [6, 6.07) is 20.3. The first-order chi connectivity index (χ1) is 14.5. The van der Waals surface area contributed by atoms with Crippen LogP contribution in [-0.2, 0) is 11.2 Å². The fourth-order valence-corrected chi connectivity index (χ4v) is 3.11. The smallest absolute Gasteiger partial charge is 0.356 e. The predicted molar refractivity (Wildman–Crippen MR) is 116 cm³/mol. The quantitative estimate of drug-likeness (QED) is 0.465. The molecule has 1 heterocycles. The minimum absolute atomic E-state index is 0.0303. The zero-order valence-corrected chi connectivity index (χ0v) is 17.1. The van der Waals surface area contributed by atoms with Crippen LogP contribution in [0.5, 0.6) is 0 Å². The molecule has 2 aromatic carbocycles. The third kappa shape index (κ3) is 5.23. The monoisotopic (exact) mass is 403 g/mol. The van der Waals surface area contributed by atoms with Crippen LogP contribution in [0.25, 0.3) is 0 Å². The van der Waals surface area contributed by atoms with Gasteiger partial charge in [0.1, 0.15) is 5.69 Å². The maximum absolute atomic E-state index is 12.4. The van der Waals surface area contributed by atoms with E-state index in [4.69, 9.17) is 10.5 Å². The number of esters is 1. The Morgan fingerprint density at radius 3 is 2.40 bits per heavy atom. The summed E-state index contributed by atoms with van der Waals surface area (Å²) in [4.78, 5) is 28.5. The van der Waals surface area contributed by atoms with E-state index in [0.29, 0.717) is 12.1 Å². The van der Waals surface area contributed by atoms with Crippen molar-refractivity contribution >= 4 is 17.6 Å². The van der Waals surface area contributed by atoms with E-state index in [0.717, 1.165) is 28.9 Å². The van der Waals surface area contributed by atoms with E-state index in [1.165, 1.54) is 7.11 Å². The number of aromatic nitrogens is 1. The molecule has 3 rings (SSSR count). The number of nitrogens with zero attached hydrogens (tertiary/aromatic N) is 1. The maximum atomic E-state index is 12.4. The largest absolute Gasteiger partial charge is 0.464 e. The topological polar surface area (TPSA) is 94.3 Å². The molecular weight excluding hydrogens is 378 g/mol. The molecule has 0 saturated carbocycles. The van der Waals surface area contributed by atoms with Crippen LogP contribution in [-0.4, -0.2) is 30.5 Å². The molecule has 0 fully saturated rings. The first-order valence-corrected chi connectivity index (χ1v) is 9.76. The molecule has 1 amide bonds. The minimum atomic E-state index is -0.463. The van der Waals surface area contributed by atoms with E-state index in [1.54, 1.807) is 24.3 Å². The van der Waals surface area contributed by atoms with E-state index >= 15 is 0 Å². The molecule has 1 aromatic heterocycles. The number of nitrogens with one attached hydrogen (secondary N) is 1. The van der Waals surface area contributed by atoms with Crippen LogP contribution < -0.4 is 11.1 Å². The number of pyridine rings is 1. The number of nitrogens with two attached hydrogens (primary N) is 1. The second-order valence-corrected chi connectivity index (χ2v) is 7.03. The number of hydrogen-bond donors (Lipinski definition) is 2. The second-order valence-electron chi connectivity index (χ2n) is 7.03. The van der Waals surface area contributed by atoms with Crippen LogP contribution in [0, 0.1) is 0 Å². The van der Waals surface area contributed by atoms with Gasteiger partial charge in [-0.1, -0.05) is 37.3 Å². The highest BCUT2D eigenvalue weighted by Crippen LogP contribution is 2.23. The summed E-state index contributed by atoms with van der Waals surface area (Å²) in [5.74, 6) is -0.609. The third-order valence-electron chi connectivity index (χ3n) is 4.96. The molecule has 0 saturated heterocycles. The Morgan fingerprint density at radius 2 is 1.73 bits per heavy atom. The fraction of sp³-hybridized carbons (Fsp3) is 0.208. The van der Waals surface area contributed by atoms with Crippen molar-refractivity contribution in [2.45, 2.75) is 19.3 Å². The molecule has 1 atom stereocenters. The van der Waals surface area contributed by atoms with Crippen molar-refractivity contribution in [1.29, 1.82) is 0 Å². The first-order valence-electron chi connectivity index (χ1n) is 9.76. The number of benzene rings is 2. The number of carbonyl (C=O) groups excluding carboxylic acids is 2. The summed E-state index contributed by atoms with van der Waals surface area (Å²) in [5.41, 5.74) is 10.2. The van der Waals surface area contributed by atoms with E-state index < -0.39 is 5.97 Å². The highest BCUT2D eigenvalue weighted by atomic mass is 16.5. The van der Waals surface area contributed by atoms with Gasteiger partial charge in [-0.05, 0) is 53.9 Å².